The number of ether oxygens (including phenoxy) is 1. The highest BCUT2D eigenvalue weighted by molar-refractivity contribution is 5.92. The molecule has 0 aliphatic carbocycles. The molecular weight excluding hydrogens is 380 g/mol. The number of hydrogen-bond acceptors (Lipinski definition) is 5. The average molecular weight is 409 g/mol. The van der Waals surface area contributed by atoms with Crippen LogP contribution in [0.4, 0.5) is 0 Å². The predicted molar refractivity (Wildman–Crippen MR) is 114 cm³/mol. The van der Waals surface area contributed by atoms with Crippen molar-refractivity contribution in [3.63, 3.8) is 0 Å². The standard InChI is InChI=1S/C23H28N4O3/c1-4-30-23(29)17-11-13-26(14-12-17)21(28)10-9-18-15(2)24-22-19-7-5-6-8-20(19)25-27(22)16(18)3/h5-8,17H,4,9-14H2,1-3H3. The summed E-state index contributed by atoms with van der Waals surface area (Å²) in [6.45, 7) is 7.49. The maximum Gasteiger partial charge on any atom is 0.309 e. The molecule has 1 aromatic carbocycles. The first-order valence-electron chi connectivity index (χ1n) is 10.7. The summed E-state index contributed by atoms with van der Waals surface area (Å²) in [4.78, 5) is 31.3. The van der Waals surface area contributed by atoms with E-state index in [1.807, 2.05) is 54.5 Å². The summed E-state index contributed by atoms with van der Waals surface area (Å²) in [5.74, 6) is -0.0947. The Balaban J connectivity index is 1.44. The van der Waals surface area contributed by atoms with E-state index in [1.165, 1.54) is 0 Å². The number of carbonyl (C=O) groups excluding carboxylic acids is 2. The molecule has 1 fully saturated rings. The minimum atomic E-state index is -0.137. The molecule has 3 heterocycles. The van der Waals surface area contributed by atoms with Gasteiger partial charge in [0.25, 0.3) is 0 Å². The van der Waals surface area contributed by atoms with Gasteiger partial charge >= 0.3 is 5.97 Å². The number of amides is 1. The summed E-state index contributed by atoms with van der Waals surface area (Å²) >= 11 is 0. The summed E-state index contributed by atoms with van der Waals surface area (Å²) in [6, 6.07) is 7.99. The highest BCUT2D eigenvalue weighted by atomic mass is 16.5. The van der Waals surface area contributed by atoms with Crippen molar-refractivity contribution in [2.75, 3.05) is 19.7 Å². The number of piperidine rings is 1. The molecule has 30 heavy (non-hydrogen) atoms. The third-order valence-electron chi connectivity index (χ3n) is 6.07. The molecule has 3 aromatic rings. The summed E-state index contributed by atoms with van der Waals surface area (Å²) < 4.78 is 7.00. The first kappa shape index (κ1) is 20.3. The lowest BCUT2D eigenvalue weighted by Crippen LogP contribution is -2.40. The fourth-order valence-corrected chi connectivity index (χ4v) is 4.35. The lowest BCUT2D eigenvalue weighted by molar-refractivity contribution is -0.151. The van der Waals surface area contributed by atoms with Crippen LogP contribution in [0.2, 0.25) is 0 Å². The van der Waals surface area contributed by atoms with Gasteiger partial charge in [-0.25, -0.2) is 9.50 Å². The van der Waals surface area contributed by atoms with E-state index in [1.54, 1.807) is 0 Å². The van der Waals surface area contributed by atoms with E-state index in [4.69, 9.17) is 9.72 Å². The van der Waals surface area contributed by atoms with Gasteiger partial charge in [0.15, 0.2) is 5.65 Å². The molecule has 7 nitrogen and oxygen atoms in total. The maximum absolute atomic E-state index is 12.8. The van der Waals surface area contributed by atoms with Crippen LogP contribution in [0, 0.1) is 19.8 Å². The van der Waals surface area contributed by atoms with E-state index < -0.39 is 0 Å². The Morgan fingerprint density at radius 1 is 1.17 bits per heavy atom. The fourth-order valence-electron chi connectivity index (χ4n) is 4.35. The van der Waals surface area contributed by atoms with Crippen molar-refractivity contribution in [1.82, 2.24) is 19.5 Å². The van der Waals surface area contributed by atoms with Crippen molar-refractivity contribution in [2.24, 2.45) is 5.92 Å². The topological polar surface area (TPSA) is 76.8 Å². The molecule has 0 saturated carbocycles. The number of carbonyl (C=O) groups is 2. The van der Waals surface area contributed by atoms with Gasteiger partial charge in [-0.05, 0) is 57.7 Å². The van der Waals surface area contributed by atoms with Crippen LogP contribution in [0.3, 0.4) is 0 Å². The van der Waals surface area contributed by atoms with E-state index in [0.29, 0.717) is 45.4 Å². The zero-order valence-electron chi connectivity index (χ0n) is 17.9. The van der Waals surface area contributed by atoms with Crippen LogP contribution < -0.4 is 0 Å². The molecule has 1 saturated heterocycles. The summed E-state index contributed by atoms with van der Waals surface area (Å²) in [5, 5.41) is 5.73. The van der Waals surface area contributed by atoms with Crippen LogP contribution in [0.15, 0.2) is 24.3 Å². The number of benzene rings is 1. The molecule has 1 aliphatic rings. The smallest absolute Gasteiger partial charge is 0.309 e. The number of fused-ring (bicyclic) bond motifs is 3. The van der Waals surface area contributed by atoms with Gasteiger partial charge < -0.3 is 9.64 Å². The van der Waals surface area contributed by atoms with Gasteiger partial charge in [-0.3, -0.25) is 9.59 Å². The zero-order valence-corrected chi connectivity index (χ0v) is 17.9. The third-order valence-corrected chi connectivity index (χ3v) is 6.07. The lowest BCUT2D eigenvalue weighted by atomic mass is 9.96. The number of aryl methyl sites for hydroxylation is 2. The fraction of sp³-hybridized carbons (Fsp3) is 0.478. The molecule has 4 rings (SSSR count). The second-order valence-electron chi connectivity index (χ2n) is 7.92. The van der Waals surface area contributed by atoms with Gasteiger partial charge in [0.1, 0.15) is 0 Å². The summed E-state index contributed by atoms with van der Waals surface area (Å²) in [6.07, 6.45) is 2.42. The Labute approximate surface area is 176 Å². The van der Waals surface area contributed by atoms with Gasteiger partial charge in [-0.15, -0.1) is 0 Å². The molecule has 0 atom stereocenters. The monoisotopic (exact) mass is 408 g/mol. The van der Waals surface area contributed by atoms with Crippen molar-refractivity contribution in [3.8, 4) is 0 Å². The molecule has 0 bridgehead atoms. The molecule has 2 aromatic heterocycles. The Kier molecular flexibility index (Phi) is 5.70. The van der Waals surface area contributed by atoms with E-state index in [-0.39, 0.29) is 17.8 Å². The second-order valence-corrected chi connectivity index (χ2v) is 7.92. The minimum Gasteiger partial charge on any atom is -0.466 e. The molecular formula is C23H28N4O3. The number of aromatic nitrogens is 3. The van der Waals surface area contributed by atoms with Crippen molar-refractivity contribution in [1.29, 1.82) is 0 Å². The Morgan fingerprint density at radius 3 is 2.63 bits per heavy atom. The highest BCUT2D eigenvalue weighted by Crippen LogP contribution is 2.24. The van der Waals surface area contributed by atoms with E-state index in [2.05, 4.69) is 5.10 Å². The van der Waals surface area contributed by atoms with E-state index >= 15 is 0 Å². The van der Waals surface area contributed by atoms with E-state index in [9.17, 15) is 9.59 Å². The van der Waals surface area contributed by atoms with E-state index in [0.717, 1.165) is 33.5 Å². The number of esters is 1. The van der Waals surface area contributed by atoms with Gasteiger partial charge in [0.2, 0.25) is 5.91 Å². The number of rotatable bonds is 5. The molecule has 1 amide bonds. The van der Waals surface area contributed by atoms with Crippen LogP contribution in [0.25, 0.3) is 16.6 Å². The number of hydrogen-bond donors (Lipinski definition) is 0. The van der Waals surface area contributed by atoms with Crippen LogP contribution in [-0.4, -0.2) is 51.1 Å². The van der Waals surface area contributed by atoms with Crippen LogP contribution in [0.1, 0.15) is 43.1 Å². The normalized spacial score (nSPS) is 15.1. The third kappa shape index (κ3) is 3.76. The predicted octanol–water partition coefficient (Wildman–Crippen LogP) is 3.23. The van der Waals surface area contributed by atoms with Crippen molar-refractivity contribution >= 4 is 28.4 Å². The lowest BCUT2D eigenvalue weighted by Gasteiger charge is -2.31. The Bertz CT molecular complexity index is 1100. The highest BCUT2D eigenvalue weighted by Gasteiger charge is 2.28. The Morgan fingerprint density at radius 2 is 1.90 bits per heavy atom. The van der Waals surface area contributed by atoms with Gasteiger partial charge in [0.05, 0.1) is 18.0 Å². The van der Waals surface area contributed by atoms with Crippen molar-refractivity contribution in [2.45, 2.75) is 46.5 Å². The molecule has 0 unspecified atom stereocenters. The van der Waals surface area contributed by atoms with Crippen molar-refractivity contribution in [3.05, 3.63) is 41.2 Å². The minimum absolute atomic E-state index is 0.0842. The molecule has 7 heteroatoms. The quantitative estimate of drug-likeness (QED) is 0.606. The SMILES string of the molecule is CCOC(=O)C1CCN(C(=O)CCc2c(C)nc3c4ccccc4nn3c2C)CC1. The van der Waals surface area contributed by atoms with Crippen LogP contribution in [0.5, 0.6) is 0 Å². The average Bonchev–Trinajstić information content (AvgIpc) is 3.12. The first-order chi connectivity index (χ1) is 14.5. The van der Waals surface area contributed by atoms with Crippen LogP contribution in [-0.2, 0) is 20.7 Å². The molecule has 0 spiro atoms. The van der Waals surface area contributed by atoms with Gasteiger partial charge in [-0.1, -0.05) is 12.1 Å². The second kappa shape index (κ2) is 8.42. The van der Waals surface area contributed by atoms with Gasteiger partial charge in [-0.2, -0.15) is 5.10 Å². The Hall–Kier alpha value is -2.96. The first-order valence-corrected chi connectivity index (χ1v) is 10.7. The van der Waals surface area contributed by atoms with Crippen LogP contribution >= 0.6 is 0 Å². The summed E-state index contributed by atoms with van der Waals surface area (Å²) in [7, 11) is 0. The maximum atomic E-state index is 12.8. The molecule has 0 N–H and O–H groups in total. The zero-order chi connectivity index (χ0) is 21.3. The van der Waals surface area contributed by atoms with Crippen molar-refractivity contribution < 1.29 is 14.3 Å². The number of likely N-dealkylation sites (tertiary alicyclic amines) is 1. The number of nitrogens with zero attached hydrogens (tertiary/aromatic N) is 4. The molecule has 158 valence electrons. The largest absolute Gasteiger partial charge is 0.466 e. The molecule has 1 aliphatic heterocycles. The summed E-state index contributed by atoms with van der Waals surface area (Å²) in [5.41, 5.74) is 4.83. The molecule has 0 radical (unpaired) electrons. The van der Waals surface area contributed by atoms with Gasteiger partial charge in [0, 0.05) is 36.3 Å².